The quantitative estimate of drug-likeness (QED) is 0.454. The van der Waals surface area contributed by atoms with Gasteiger partial charge in [-0.05, 0) is 50.5 Å². The van der Waals surface area contributed by atoms with Gasteiger partial charge >= 0.3 is 6.18 Å². The summed E-state index contributed by atoms with van der Waals surface area (Å²) in [6.45, 7) is 6.62. The molecule has 0 aliphatic heterocycles. The van der Waals surface area contributed by atoms with Crippen molar-refractivity contribution in [3.8, 4) is 0 Å². The Morgan fingerprint density at radius 2 is 1.65 bits per heavy atom. The zero-order valence-corrected chi connectivity index (χ0v) is 22.5. The Labute approximate surface area is 216 Å². The van der Waals surface area contributed by atoms with Gasteiger partial charge in [0, 0.05) is 12.6 Å². The standard InChI is InChI=1S/C26H34F3N3O4S/c1-6-19(4)30-25(34)23(7-2)31(16-20-13-11-18(3)12-14-20)24(33)17-32(37(5,35)36)22-10-8-9-21(15-22)26(27,28)29/h8-15,19,23H,6-7,16-17H2,1-5H3,(H,30,34). The summed E-state index contributed by atoms with van der Waals surface area (Å²) in [6, 6.07) is 10.0. The molecule has 0 radical (unpaired) electrons. The Balaban J connectivity index is 2.48. The number of sulfonamides is 1. The number of hydrogen-bond acceptors (Lipinski definition) is 4. The molecule has 0 aliphatic rings. The number of benzene rings is 2. The molecule has 0 saturated heterocycles. The third-order valence-electron chi connectivity index (χ3n) is 6.00. The first-order chi connectivity index (χ1) is 17.2. The maximum absolute atomic E-state index is 13.6. The molecule has 204 valence electrons. The molecule has 0 heterocycles. The number of rotatable bonds is 11. The number of halogens is 3. The number of nitrogens with zero attached hydrogens (tertiary/aromatic N) is 2. The molecule has 0 bridgehead atoms. The summed E-state index contributed by atoms with van der Waals surface area (Å²) in [4.78, 5) is 28.0. The first-order valence-electron chi connectivity index (χ1n) is 12.0. The van der Waals surface area contributed by atoms with Crippen LogP contribution in [-0.2, 0) is 32.3 Å². The Morgan fingerprint density at radius 1 is 1.03 bits per heavy atom. The molecule has 0 spiro atoms. The molecule has 0 aromatic heterocycles. The van der Waals surface area contributed by atoms with Crippen LogP contribution in [0.15, 0.2) is 48.5 Å². The maximum atomic E-state index is 13.6. The van der Waals surface area contributed by atoms with E-state index >= 15 is 0 Å². The summed E-state index contributed by atoms with van der Waals surface area (Å²) in [6.07, 6.45) is -2.95. The fraction of sp³-hybridized carbons (Fsp3) is 0.462. The van der Waals surface area contributed by atoms with Crippen molar-refractivity contribution in [1.29, 1.82) is 0 Å². The van der Waals surface area contributed by atoms with E-state index in [9.17, 15) is 31.2 Å². The second-order valence-corrected chi connectivity index (χ2v) is 11.0. The van der Waals surface area contributed by atoms with E-state index in [1.807, 2.05) is 32.9 Å². The number of carbonyl (C=O) groups is 2. The van der Waals surface area contributed by atoms with Crippen LogP contribution in [0.3, 0.4) is 0 Å². The minimum atomic E-state index is -4.69. The molecule has 2 aromatic carbocycles. The maximum Gasteiger partial charge on any atom is 0.416 e. The van der Waals surface area contributed by atoms with Crippen LogP contribution in [0.1, 0.15) is 50.3 Å². The van der Waals surface area contributed by atoms with Crippen molar-refractivity contribution in [2.75, 3.05) is 17.1 Å². The Bertz CT molecular complexity index is 1180. The second-order valence-electron chi connectivity index (χ2n) is 9.07. The Kier molecular flexibility index (Phi) is 10.1. The van der Waals surface area contributed by atoms with Crippen molar-refractivity contribution in [1.82, 2.24) is 10.2 Å². The van der Waals surface area contributed by atoms with Gasteiger partial charge in [0.2, 0.25) is 21.8 Å². The Morgan fingerprint density at radius 3 is 2.16 bits per heavy atom. The highest BCUT2D eigenvalue weighted by molar-refractivity contribution is 7.92. The van der Waals surface area contributed by atoms with Crippen LogP contribution in [0.5, 0.6) is 0 Å². The molecule has 1 N–H and O–H groups in total. The highest BCUT2D eigenvalue weighted by Crippen LogP contribution is 2.32. The van der Waals surface area contributed by atoms with E-state index in [-0.39, 0.29) is 30.6 Å². The predicted molar refractivity (Wildman–Crippen MR) is 137 cm³/mol. The van der Waals surface area contributed by atoms with Gasteiger partial charge in [0.15, 0.2) is 0 Å². The smallest absolute Gasteiger partial charge is 0.352 e. The number of aryl methyl sites for hydroxylation is 1. The van der Waals surface area contributed by atoms with Crippen LogP contribution in [0.2, 0.25) is 0 Å². The molecule has 0 fully saturated rings. The third-order valence-corrected chi connectivity index (χ3v) is 7.14. The molecule has 2 rings (SSSR count). The van der Waals surface area contributed by atoms with Crippen LogP contribution < -0.4 is 9.62 Å². The van der Waals surface area contributed by atoms with E-state index in [4.69, 9.17) is 0 Å². The minimum absolute atomic E-state index is 0.0196. The predicted octanol–water partition coefficient (Wildman–Crippen LogP) is 4.50. The van der Waals surface area contributed by atoms with E-state index in [0.717, 1.165) is 29.5 Å². The first kappa shape index (κ1) is 30.1. The lowest BCUT2D eigenvalue weighted by Gasteiger charge is -2.33. The van der Waals surface area contributed by atoms with Crippen molar-refractivity contribution in [2.45, 2.75) is 65.3 Å². The largest absolute Gasteiger partial charge is 0.416 e. The molecule has 0 saturated carbocycles. The summed E-state index contributed by atoms with van der Waals surface area (Å²) < 4.78 is 65.7. The molecule has 2 unspecified atom stereocenters. The normalized spacial score (nSPS) is 13.5. The lowest BCUT2D eigenvalue weighted by molar-refractivity contribution is -0.140. The highest BCUT2D eigenvalue weighted by atomic mass is 32.2. The van der Waals surface area contributed by atoms with Crippen LogP contribution in [0.25, 0.3) is 0 Å². The van der Waals surface area contributed by atoms with Gasteiger partial charge < -0.3 is 10.2 Å². The number of amides is 2. The first-order valence-corrected chi connectivity index (χ1v) is 13.8. The van der Waals surface area contributed by atoms with Crippen molar-refractivity contribution in [3.05, 3.63) is 65.2 Å². The van der Waals surface area contributed by atoms with Gasteiger partial charge in [-0.3, -0.25) is 13.9 Å². The topological polar surface area (TPSA) is 86.8 Å². The summed E-state index contributed by atoms with van der Waals surface area (Å²) in [5.74, 6) is -1.10. The second kappa shape index (κ2) is 12.4. The van der Waals surface area contributed by atoms with Crippen LogP contribution in [-0.4, -0.2) is 50.0 Å². The van der Waals surface area contributed by atoms with Gasteiger partial charge in [-0.1, -0.05) is 49.7 Å². The monoisotopic (exact) mass is 541 g/mol. The average Bonchev–Trinajstić information content (AvgIpc) is 2.82. The number of hydrogen-bond donors (Lipinski definition) is 1. The van der Waals surface area contributed by atoms with Gasteiger partial charge in [-0.15, -0.1) is 0 Å². The number of carbonyl (C=O) groups excluding carboxylic acids is 2. The van der Waals surface area contributed by atoms with Gasteiger partial charge in [-0.2, -0.15) is 13.2 Å². The molecule has 11 heteroatoms. The van der Waals surface area contributed by atoms with E-state index in [1.165, 1.54) is 11.0 Å². The minimum Gasteiger partial charge on any atom is -0.352 e. The molecule has 2 aromatic rings. The number of anilines is 1. The van der Waals surface area contributed by atoms with E-state index in [1.54, 1.807) is 19.1 Å². The van der Waals surface area contributed by atoms with Gasteiger partial charge in [0.25, 0.3) is 0 Å². The molecular weight excluding hydrogens is 507 g/mol. The van der Waals surface area contributed by atoms with Crippen LogP contribution >= 0.6 is 0 Å². The number of nitrogens with one attached hydrogen (secondary N) is 1. The number of alkyl halides is 3. The molecule has 7 nitrogen and oxygen atoms in total. The van der Waals surface area contributed by atoms with E-state index in [2.05, 4.69) is 5.32 Å². The zero-order valence-electron chi connectivity index (χ0n) is 21.7. The van der Waals surface area contributed by atoms with Crippen LogP contribution in [0.4, 0.5) is 18.9 Å². The van der Waals surface area contributed by atoms with Crippen molar-refractivity contribution < 1.29 is 31.2 Å². The van der Waals surface area contributed by atoms with Crippen molar-refractivity contribution in [2.24, 2.45) is 0 Å². The van der Waals surface area contributed by atoms with E-state index in [0.29, 0.717) is 16.8 Å². The summed E-state index contributed by atoms with van der Waals surface area (Å²) in [5.41, 5.74) is 0.384. The zero-order chi connectivity index (χ0) is 28.0. The van der Waals surface area contributed by atoms with Crippen molar-refractivity contribution in [3.63, 3.8) is 0 Å². The lowest BCUT2D eigenvalue weighted by Crippen LogP contribution is -2.53. The van der Waals surface area contributed by atoms with Crippen molar-refractivity contribution >= 4 is 27.5 Å². The van der Waals surface area contributed by atoms with Crippen LogP contribution in [0, 0.1) is 6.92 Å². The molecule has 37 heavy (non-hydrogen) atoms. The fourth-order valence-corrected chi connectivity index (χ4v) is 4.54. The van der Waals surface area contributed by atoms with Gasteiger partial charge in [0.05, 0.1) is 17.5 Å². The van der Waals surface area contributed by atoms with E-state index < -0.39 is 40.3 Å². The fourth-order valence-electron chi connectivity index (χ4n) is 3.70. The lowest BCUT2D eigenvalue weighted by atomic mass is 10.1. The summed E-state index contributed by atoms with van der Waals surface area (Å²) in [7, 11) is -4.14. The molecule has 0 aliphatic carbocycles. The summed E-state index contributed by atoms with van der Waals surface area (Å²) in [5, 5.41) is 2.86. The Hall–Kier alpha value is -3.08. The van der Waals surface area contributed by atoms with Gasteiger partial charge in [-0.25, -0.2) is 8.42 Å². The molecule has 2 atom stereocenters. The SMILES string of the molecule is CCC(C)NC(=O)C(CC)N(Cc1ccc(C)cc1)C(=O)CN(c1cccc(C(F)(F)F)c1)S(C)(=O)=O. The summed E-state index contributed by atoms with van der Waals surface area (Å²) >= 11 is 0. The average molecular weight is 542 g/mol. The third kappa shape index (κ3) is 8.48. The molecular formula is C26H34F3N3O4S. The molecule has 2 amide bonds. The van der Waals surface area contributed by atoms with Gasteiger partial charge in [0.1, 0.15) is 12.6 Å². The highest BCUT2D eigenvalue weighted by Gasteiger charge is 2.34.